The van der Waals surface area contributed by atoms with Crippen molar-refractivity contribution >= 4 is 17.7 Å². The molecule has 0 saturated carbocycles. The number of hydrogen-bond donors (Lipinski definition) is 0. The quantitative estimate of drug-likeness (QED) is 0.529. The Hall–Kier alpha value is 0.0600. The molecule has 1 rings (SSSR count). The highest BCUT2D eigenvalue weighted by atomic mass is 32.2. The minimum absolute atomic E-state index is 0.0763. The molecule has 0 spiro atoms. The molecule has 18 heavy (non-hydrogen) atoms. The third kappa shape index (κ3) is 5.36. The van der Waals surface area contributed by atoms with E-state index in [1.165, 1.54) is 0 Å². The van der Waals surface area contributed by atoms with Gasteiger partial charge in [-0.1, -0.05) is 13.8 Å². The molecule has 0 aromatic heterocycles. The first-order chi connectivity index (χ1) is 8.41. The van der Waals surface area contributed by atoms with E-state index in [1.54, 1.807) is 0 Å². The highest BCUT2D eigenvalue weighted by molar-refractivity contribution is 7.86. The van der Waals surface area contributed by atoms with Crippen LogP contribution in [0.2, 0.25) is 0 Å². The van der Waals surface area contributed by atoms with E-state index >= 15 is 0 Å². The lowest BCUT2D eigenvalue weighted by molar-refractivity contribution is 0.124. The minimum Gasteiger partial charge on any atom is -0.309 e. The van der Waals surface area contributed by atoms with Crippen LogP contribution in [0.15, 0.2) is 0 Å². The van der Waals surface area contributed by atoms with Crippen molar-refractivity contribution in [3.05, 3.63) is 0 Å². The van der Waals surface area contributed by atoms with E-state index in [4.69, 9.17) is 9.05 Å². The third-order valence-electron chi connectivity index (χ3n) is 2.39. The Bertz CT molecular complexity index is 393. The van der Waals surface area contributed by atoms with Crippen LogP contribution in [0.1, 0.15) is 33.1 Å². The van der Waals surface area contributed by atoms with E-state index in [0.717, 1.165) is 6.42 Å². The van der Waals surface area contributed by atoms with Crippen LogP contribution in [0.4, 0.5) is 0 Å². The van der Waals surface area contributed by atoms with Gasteiger partial charge in [0.15, 0.2) is 0 Å². The van der Waals surface area contributed by atoms with Crippen LogP contribution in [0.25, 0.3) is 0 Å². The first-order valence-corrected chi connectivity index (χ1v) is 9.50. The van der Waals surface area contributed by atoms with Crippen LogP contribution < -0.4 is 0 Å². The third-order valence-corrected chi connectivity index (χ3v) is 5.89. The summed E-state index contributed by atoms with van der Waals surface area (Å²) >= 11 is 0. The van der Waals surface area contributed by atoms with Gasteiger partial charge in [-0.3, -0.25) is 8.75 Å². The maximum absolute atomic E-state index is 12.4. The van der Waals surface area contributed by atoms with Crippen LogP contribution in [0, 0.1) is 0 Å². The molecule has 1 aliphatic rings. The molecule has 0 aliphatic carbocycles. The molecule has 6 nitrogen and oxygen atoms in total. The largest absolute Gasteiger partial charge is 0.330 e. The molecule has 0 bridgehead atoms. The highest BCUT2D eigenvalue weighted by Crippen LogP contribution is 2.50. The van der Waals surface area contributed by atoms with Crippen molar-refractivity contribution in [3.63, 3.8) is 0 Å². The minimum atomic E-state index is -3.54. The first kappa shape index (κ1) is 16.1. The number of hydrogen-bond acceptors (Lipinski definition) is 6. The molecule has 0 radical (unpaired) electrons. The smallest absolute Gasteiger partial charge is 0.309 e. The number of rotatable bonds is 7. The molecule has 2 unspecified atom stereocenters. The lowest BCUT2D eigenvalue weighted by Crippen LogP contribution is -2.32. The van der Waals surface area contributed by atoms with Crippen molar-refractivity contribution in [3.8, 4) is 0 Å². The van der Waals surface area contributed by atoms with E-state index in [0.29, 0.717) is 25.6 Å². The average molecular weight is 300 g/mol. The van der Waals surface area contributed by atoms with Crippen LogP contribution >= 0.6 is 7.60 Å². The standard InChI is InChI=1S/C10H21O6PS/c1-3-6-14-17(11,8-4-2)16-10-5-7-15-18(12,13)9-10/h10H,3-9H2,1-2H3. The first-order valence-electron chi connectivity index (χ1n) is 6.20. The fourth-order valence-corrected chi connectivity index (χ4v) is 4.80. The van der Waals surface area contributed by atoms with Gasteiger partial charge in [0.05, 0.1) is 19.3 Å². The second kappa shape index (κ2) is 7.01. The van der Waals surface area contributed by atoms with Crippen molar-refractivity contribution in [2.24, 2.45) is 0 Å². The Morgan fingerprint density at radius 1 is 1.33 bits per heavy atom. The van der Waals surface area contributed by atoms with Gasteiger partial charge in [0.2, 0.25) is 0 Å². The fraction of sp³-hybridized carbons (Fsp3) is 1.00. The summed E-state index contributed by atoms with van der Waals surface area (Å²) in [5.74, 6) is -0.254. The van der Waals surface area contributed by atoms with Gasteiger partial charge in [-0.05, 0) is 12.8 Å². The van der Waals surface area contributed by atoms with E-state index in [9.17, 15) is 13.0 Å². The average Bonchev–Trinajstić information content (AvgIpc) is 2.25. The Balaban J connectivity index is 2.62. The second-order valence-corrected chi connectivity index (χ2v) is 8.05. The molecule has 1 fully saturated rings. The Kier molecular flexibility index (Phi) is 6.27. The lowest BCUT2D eigenvalue weighted by atomic mass is 10.3. The maximum atomic E-state index is 12.4. The van der Waals surface area contributed by atoms with Crippen LogP contribution in [0.5, 0.6) is 0 Å². The van der Waals surface area contributed by atoms with Gasteiger partial charge >= 0.3 is 7.60 Å². The fourth-order valence-electron chi connectivity index (χ4n) is 1.63. The normalized spacial score (nSPS) is 26.7. The van der Waals surface area contributed by atoms with E-state index in [2.05, 4.69) is 4.18 Å². The highest BCUT2D eigenvalue weighted by Gasteiger charge is 2.33. The van der Waals surface area contributed by atoms with Crippen LogP contribution in [-0.2, 0) is 27.9 Å². The molecule has 1 aliphatic heterocycles. The summed E-state index contributed by atoms with van der Waals surface area (Å²) in [5.41, 5.74) is 0. The maximum Gasteiger partial charge on any atom is 0.330 e. The van der Waals surface area contributed by atoms with Gasteiger partial charge in [-0.2, -0.15) is 8.42 Å². The van der Waals surface area contributed by atoms with E-state index in [-0.39, 0.29) is 12.4 Å². The molecular weight excluding hydrogens is 279 g/mol. The summed E-state index contributed by atoms with van der Waals surface area (Å²) in [6, 6.07) is 0. The second-order valence-electron chi connectivity index (χ2n) is 4.23. The molecule has 0 N–H and O–H groups in total. The van der Waals surface area contributed by atoms with Gasteiger partial charge in [0, 0.05) is 12.6 Å². The van der Waals surface area contributed by atoms with Crippen LogP contribution in [-0.4, -0.2) is 39.7 Å². The van der Waals surface area contributed by atoms with E-state index < -0.39 is 23.8 Å². The molecule has 0 amide bonds. The van der Waals surface area contributed by atoms with Crippen LogP contribution in [0.3, 0.4) is 0 Å². The topological polar surface area (TPSA) is 78.9 Å². The van der Waals surface area contributed by atoms with Crippen molar-refractivity contribution in [1.82, 2.24) is 0 Å². The summed E-state index contributed by atoms with van der Waals surface area (Å²) in [6.45, 7) is 4.22. The van der Waals surface area contributed by atoms with Gasteiger partial charge in [0.25, 0.3) is 10.1 Å². The summed E-state index contributed by atoms with van der Waals surface area (Å²) in [5, 5.41) is 0. The van der Waals surface area contributed by atoms with Crippen molar-refractivity contribution < 1.29 is 26.2 Å². The summed E-state index contributed by atoms with van der Waals surface area (Å²) in [6.07, 6.45) is 1.53. The van der Waals surface area contributed by atoms with E-state index in [1.807, 2.05) is 13.8 Å². The van der Waals surface area contributed by atoms with Gasteiger partial charge in [-0.25, -0.2) is 0 Å². The Labute approximate surface area is 109 Å². The van der Waals surface area contributed by atoms with Crippen molar-refractivity contribution in [2.75, 3.05) is 25.1 Å². The molecule has 108 valence electrons. The Morgan fingerprint density at radius 3 is 2.61 bits per heavy atom. The zero-order valence-electron chi connectivity index (χ0n) is 10.8. The molecule has 1 heterocycles. The molecule has 0 aromatic rings. The molecular formula is C10H21O6PS. The van der Waals surface area contributed by atoms with Gasteiger partial charge in [0.1, 0.15) is 5.75 Å². The predicted molar refractivity (Wildman–Crippen MR) is 68.2 cm³/mol. The Morgan fingerprint density at radius 2 is 2.06 bits per heavy atom. The monoisotopic (exact) mass is 300 g/mol. The zero-order chi connectivity index (χ0) is 13.6. The SMILES string of the molecule is CCCOP(=O)(CCC)OC1CCOS(=O)(=O)C1. The van der Waals surface area contributed by atoms with Crippen molar-refractivity contribution in [2.45, 2.75) is 39.2 Å². The molecule has 1 saturated heterocycles. The molecule has 0 aromatic carbocycles. The van der Waals surface area contributed by atoms with Gasteiger partial charge < -0.3 is 9.05 Å². The summed E-state index contributed by atoms with van der Waals surface area (Å²) < 4.78 is 50.3. The lowest BCUT2D eigenvalue weighted by Gasteiger charge is -2.26. The molecule has 8 heteroatoms. The predicted octanol–water partition coefficient (Wildman–Crippen LogP) is 2.15. The summed E-state index contributed by atoms with van der Waals surface area (Å²) in [4.78, 5) is 0. The van der Waals surface area contributed by atoms with Crippen molar-refractivity contribution in [1.29, 1.82) is 0 Å². The summed E-state index contributed by atoms with van der Waals surface area (Å²) in [7, 11) is -6.72. The zero-order valence-corrected chi connectivity index (χ0v) is 12.5. The van der Waals surface area contributed by atoms with Gasteiger partial charge in [-0.15, -0.1) is 0 Å². The molecule has 2 atom stereocenters.